The van der Waals surface area contributed by atoms with Crippen LogP contribution < -0.4 is 10.6 Å². The second-order valence-corrected chi connectivity index (χ2v) is 7.57. The van der Waals surface area contributed by atoms with Crippen LogP contribution in [0.1, 0.15) is 19.3 Å². The molecule has 0 aromatic rings. The number of sulfone groups is 1. The lowest BCUT2D eigenvalue weighted by Crippen LogP contribution is -2.47. The average Bonchev–Trinajstić information content (AvgIpc) is 3.11. The van der Waals surface area contributed by atoms with Crippen LogP contribution in [0.15, 0.2) is 0 Å². The van der Waals surface area contributed by atoms with Gasteiger partial charge in [-0.1, -0.05) is 0 Å². The van der Waals surface area contributed by atoms with Crippen molar-refractivity contribution in [2.45, 2.75) is 25.3 Å². The Hall–Kier alpha value is -0.660. The molecule has 0 bridgehead atoms. The number of nitrogens with one attached hydrogen (secondary N) is 2. The van der Waals surface area contributed by atoms with Gasteiger partial charge in [0.25, 0.3) is 0 Å². The minimum atomic E-state index is -2.98. The summed E-state index contributed by atoms with van der Waals surface area (Å²) in [6.45, 7) is 2.24. The van der Waals surface area contributed by atoms with Gasteiger partial charge in [-0.2, -0.15) is 0 Å². The van der Waals surface area contributed by atoms with Crippen LogP contribution in [0.4, 0.5) is 0 Å². The molecule has 1 saturated carbocycles. The average molecular weight is 290 g/mol. The lowest BCUT2D eigenvalue weighted by Gasteiger charge is -2.23. The van der Waals surface area contributed by atoms with Crippen molar-refractivity contribution in [3.8, 4) is 0 Å². The fourth-order valence-electron chi connectivity index (χ4n) is 2.09. The van der Waals surface area contributed by atoms with Crippen molar-refractivity contribution in [1.29, 1.82) is 0 Å². The van der Waals surface area contributed by atoms with Gasteiger partial charge in [-0.3, -0.25) is 4.79 Å². The first-order valence-corrected chi connectivity index (χ1v) is 8.65. The van der Waals surface area contributed by atoms with Gasteiger partial charge in [0.1, 0.15) is 0 Å². The first-order valence-electron chi connectivity index (χ1n) is 6.83. The summed E-state index contributed by atoms with van der Waals surface area (Å²) in [6, 6.07) is -0.258. The summed E-state index contributed by atoms with van der Waals surface area (Å²) in [7, 11) is -2.98. The number of carbonyl (C=O) groups is 1. The highest BCUT2D eigenvalue weighted by atomic mass is 32.2. The minimum Gasteiger partial charge on any atom is -0.379 e. The molecule has 2 fully saturated rings. The van der Waals surface area contributed by atoms with Gasteiger partial charge < -0.3 is 15.4 Å². The lowest BCUT2D eigenvalue weighted by molar-refractivity contribution is -0.121. The molecule has 110 valence electrons. The van der Waals surface area contributed by atoms with E-state index in [1.165, 1.54) is 12.8 Å². The van der Waals surface area contributed by atoms with E-state index in [9.17, 15) is 13.2 Å². The summed E-state index contributed by atoms with van der Waals surface area (Å²) in [5, 5.41) is 5.81. The molecule has 2 rings (SSSR count). The van der Waals surface area contributed by atoms with E-state index < -0.39 is 9.84 Å². The van der Waals surface area contributed by atoms with E-state index in [4.69, 9.17) is 4.74 Å². The molecule has 0 radical (unpaired) electrons. The SMILES string of the molecule is O=C(CC1CS(=O)(=O)CCN1)NCCOCC1CC1. The van der Waals surface area contributed by atoms with E-state index in [1.807, 2.05) is 0 Å². The van der Waals surface area contributed by atoms with Gasteiger partial charge in [-0.25, -0.2) is 8.42 Å². The zero-order valence-corrected chi connectivity index (χ0v) is 11.9. The Morgan fingerprint density at radius 1 is 1.37 bits per heavy atom. The molecule has 0 aromatic heterocycles. The molecule has 1 saturated heterocycles. The van der Waals surface area contributed by atoms with E-state index in [-0.39, 0.29) is 29.9 Å². The van der Waals surface area contributed by atoms with Crippen molar-refractivity contribution in [2.24, 2.45) is 5.92 Å². The third-order valence-electron chi connectivity index (χ3n) is 3.35. The summed E-state index contributed by atoms with van der Waals surface area (Å²) < 4.78 is 28.2. The maximum Gasteiger partial charge on any atom is 0.221 e. The van der Waals surface area contributed by atoms with Crippen molar-refractivity contribution in [2.75, 3.05) is 37.8 Å². The summed E-state index contributed by atoms with van der Waals surface area (Å²) in [4.78, 5) is 11.6. The summed E-state index contributed by atoms with van der Waals surface area (Å²) in [6.07, 6.45) is 2.73. The number of carbonyl (C=O) groups excluding carboxylic acids is 1. The topological polar surface area (TPSA) is 84.5 Å². The van der Waals surface area contributed by atoms with Crippen molar-refractivity contribution >= 4 is 15.7 Å². The molecule has 0 spiro atoms. The first kappa shape index (κ1) is 14.7. The molecule has 7 heteroatoms. The van der Waals surface area contributed by atoms with Crippen LogP contribution in [0.3, 0.4) is 0 Å². The van der Waals surface area contributed by atoms with E-state index >= 15 is 0 Å². The highest BCUT2D eigenvalue weighted by Crippen LogP contribution is 2.28. The number of hydrogen-bond acceptors (Lipinski definition) is 5. The van der Waals surface area contributed by atoms with Crippen molar-refractivity contribution in [3.63, 3.8) is 0 Å². The quantitative estimate of drug-likeness (QED) is 0.606. The summed E-state index contributed by atoms with van der Waals surface area (Å²) in [5.41, 5.74) is 0. The molecule has 1 amide bonds. The van der Waals surface area contributed by atoms with Gasteiger partial charge >= 0.3 is 0 Å². The minimum absolute atomic E-state index is 0.0542. The highest BCUT2D eigenvalue weighted by molar-refractivity contribution is 7.91. The number of amides is 1. The van der Waals surface area contributed by atoms with Gasteiger partial charge in [0.2, 0.25) is 5.91 Å². The fraction of sp³-hybridized carbons (Fsp3) is 0.917. The van der Waals surface area contributed by atoms with E-state index in [2.05, 4.69) is 10.6 Å². The van der Waals surface area contributed by atoms with Crippen LogP contribution >= 0.6 is 0 Å². The van der Waals surface area contributed by atoms with Gasteiger partial charge in [-0.05, 0) is 18.8 Å². The number of ether oxygens (including phenoxy) is 1. The maximum absolute atomic E-state index is 11.6. The molecule has 1 atom stereocenters. The molecule has 1 aliphatic heterocycles. The fourth-order valence-corrected chi connectivity index (χ4v) is 3.54. The Labute approximate surface area is 114 Å². The van der Waals surface area contributed by atoms with Crippen LogP contribution in [0.25, 0.3) is 0 Å². The zero-order chi connectivity index (χ0) is 13.7. The predicted octanol–water partition coefficient (Wildman–Crippen LogP) is -0.694. The molecule has 2 N–H and O–H groups in total. The smallest absolute Gasteiger partial charge is 0.221 e. The zero-order valence-electron chi connectivity index (χ0n) is 11.1. The maximum atomic E-state index is 11.6. The largest absolute Gasteiger partial charge is 0.379 e. The molecule has 19 heavy (non-hydrogen) atoms. The van der Waals surface area contributed by atoms with E-state index in [1.54, 1.807) is 0 Å². The normalized spacial score (nSPS) is 26.0. The highest BCUT2D eigenvalue weighted by Gasteiger charge is 2.25. The van der Waals surface area contributed by atoms with E-state index in [0.29, 0.717) is 19.7 Å². The van der Waals surface area contributed by atoms with Crippen molar-refractivity contribution in [1.82, 2.24) is 10.6 Å². The Kier molecular flexibility index (Phi) is 5.18. The van der Waals surface area contributed by atoms with Crippen LogP contribution in [0, 0.1) is 5.92 Å². The number of rotatable bonds is 7. The van der Waals surface area contributed by atoms with Gasteiger partial charge in [-0.15, -0.1) is 0 Å². The standard InChI is InChI=1S/C12H22N2O4S/c15-12(14-3-5-18-8-10-1-2-10)7-11-9-19(16,17)6-4-13-11/h10-11,13H,1-9H2,(H,14,15). The van der Waals surface area contributed by atoms with Gasteiger partial charge in [0.05, 0.1) is 18.1 Å². The predicted molar refractivity (Wildman–Crippen MR) is 71.6 cm³/mol. The van der Waals surface area contributed by atoms with Crippen molar-refractivity contribution in [3.05, 3.63) is 0 Å². The third kappa shape index (κ3) is 5.88. The number of hydrogen-bond donors (Lipinski definition) is 2. The summed E-state index contributed by atoms with van der Waals surface area (Å²) >= 11 is 0. The van der Waals surface area contributed by atoms with Crippen molar-refractivity contribution < 1.29 is 17.9 Å². The molecule has 2 aliphatic rings. The Bertz CT molecular complexity index is 406. The van der Waals surface area contributed by atoms with Crippen LogP contribution in [-0.2, 0) is 19.4 Å². The van der Waals surface area contributed by atoms with Crippen LogP contribution in [-0.4, -0.2) is 58.2 Å². The third-order valence-corrected chi connectivity index (χ3v) is 5.09. The Balaban J connectivity index is 1.55. The van der Waals surface area contributed by atoms with Gasteiger partial charge in [0.15, 0.2) is 9.84 Å². The first-order chi connectivity index (χ1) is 9.05. The van der Waals surface area contributed by atoms with E-state index in [0.717, 1.165) is 12.5 Å². The monoisotopic (exact) mass is 290 g/mol. The second-order valence-electron chi connectivity index (χ2n) is 5.34. The second kappa shape index (κ2) is 6.67. The molecule has 1 aliphatic carbocycles. The Morgan fingerprint density at radius 3 is 2.84 bits per heavy atom. The molecule has 1 unspecified atom stereocenters. The lowest BCUT2D eigenvalue weighted by atomic mass is 10.2. The molecular formula is C12H22N2O4S. The van der Waals surface area contributed by atoms with Crippen LogP contribution in [0.2, 0.25) is 0 Å². The molecule has 6 nitrogen and oxygen atoms in total. The molecular weight excluding hydrogens is 268 g/mol. The molecule has 0 aromatic carbocycles. The summed E-state index contributed by atoms with van der Waals surface area (Å²) in [5.74, 6) is 0.829. The molecule has 1 heterocycles. The Morgan fingerprint density at radius 2 is 2.16 bits per heavy atom. The van der Waals surface area contributed by atoms with Gasteiger partial charge in [0, 0.05) is 32.2 Å². The van der Waals surface area contributed by atoms with Crippen LogP contribution in [0.5, 0.6) is 0 Å².